The molecule has 2 nitrogen and oxygen atoms in total. The molecule has 0 bridgehead atoms. The number of likely N-dealkylation sites (tertiary alicyclic amines) is 1. The third-order valence-electron chi connectivity index (χ3n) is 2.98. The highest BCUT2D eigenvalue weighted by Crippen LogP contribution is 2.27. The number of aliphatic hydroxyl groups is 1. The van der Waals surface area contributed by atoms with Crippen molar-refractivity contribution < 1.29 is 5.11 Å². The summed E-state index contributed by atoms with van der Waals surface area (Å²) in [5, 5.41) is 10.7. The average Bonchev–Trinajstić information content (AvgIpc) is 2.28. The topological polar surface area (TPSA) is 23.5 Å². The monoisotopic (exact) mass is 259 g/mol. The molecular weight excluding hydrogens is 245 g/mol. The molecular formula is C12H15Cl2NO. The van der Waals surface area contributed by atoms with Crippen molar-refractivity contribution in [3.8, 4) is 0 Å². The van der Waals surface area contributed by atoms with Crippen LogP contribution in [0.3, 0.4) is 0 Å². The molecule has 0 spiro atoms. The molecule has 0 radical (unpaired) electrons. The van der Waals surface area contributed by atoms with E-state index in [4.69, 9.17) is 23.2 Å². The second kappa shape index (κ2) is 5.37. The highest BCUT2D eigenvalue weighted by atomic mass is 35.5. The zero-order valence-electron chi connectivity index (χ0n) is 9.00. The van der Waals surface area contributed by atoms with E-state index in [0.717, 1.165) is 38.0 Å². The highest BCUT2D eigenvalue weighted by molar-refractivity contribution is 6.42. The quantitative estimate of drug-likeness (QED) is 0.883. The minimum Gasteiger partial charge on any atom is -0.393 e. The minimum absolute atomic E-state index is 0.133. The van der Waals surface area contributed by atoms with E-state index in [1.54, 1.807) is 6.07 Å². The molecule has 1 saturated heterocycles. The van der Waals surface area contributed by atoms with Crippen LogP contribution in [-0.4, -0.2) is 29.2 Å². The summed E-state index contributed by atoms with van der Waals surface area (Å²) >= 11 is 12.1. The van der Waals surface area contributed by atoms with Crippen LogP contribution in [0.5, 0.6) is 0 Å². The molecule has 1 aromatic rings. The summed E-state index contributed by atoms with van der Waals surface area (Å²) in [6.45, 7) is 2.65. The lowest BCUT2D eigenvalue weighted by Gasteiger charge is -2.29. The fourth-order valence-electron chi connectivity index (χ4n) is 1.99. The van der Waals surface area contributed by atoms with Crippen LogP contribution < -0.4 is 0 Å². The van der Waals surface area contributed by atoms with E-state index in [1.807, 2.05) is 12.1 Å². The predicted octanol–water partition coefficient (Wildman–Crippen LogP) is 2.95. The van der Waals surface area contributed by atoms with Gasteiger partial charge < -0.3 is 5.11 Å². The van der Waals surface area contributed by atoms with Crippen molar-refractivity contribution >= 4 is 23.2 Å². The van der Waals surface area contributed by atoms with Gasteiger partial charge in [0.25, 0.3) is 0 Å². The van der Waals surface area contributed by atoms with Crippen LogP contribution in [0.4, 0.5) is 0 Å². The van der Waals surface area contributed by atoms with Gasteiger partial charge in [-0.1, -0.05) is 35.3 Å². The summed E-state index contributed by atoms with van der Waals surface area (Å²) in [6, 6.07) is 5.72. The molecule has 88 valence electrons. The molecule has 0 aromatic heterocycles. The van der Waals surface area contributed by atoms with Crippen LogP contribution in [0, 0.1) is 0 Å². The smallest absolute Gasteiger partial charge is 0.0637 e. The van der Waals surface area contributed by atoms with E-state index in [1.165, 1.54) is 0 Å². The normalized spacial score (nSPS) is 18.9. The average molecular weight is 260 g/mol. The van der Waals surface area contributed by atoms with Crippen LogP contribution in [0.2, 0.25) is 10.0 Å². The first-order valence-corrected chi connectivity index (χ1v) is 6.25. The third kappa shape index (κ3) is 2.89. The fourth-order valence-corrected chi connectivity index (χ4v) is 2.37. The van der Waals surface area contributed by atoms with Crippen molar-refractivity contribution in [2.24, 2.45) is 0 Å². The molecule has 0 atom stereocenters. The van der Waals surface area contributed by atoms with Gasteiger partial charge in [-0.05, 0) is 24.5 Å². The van der Waals surface area contributed by atoms with Gasteiger partial charge in [0.15, 0.2) is 0 Å². The second-order valence-electron chi connectivity index (χ2n) is 4.22. The molecule has 0 unspecified atom stereocenters. The van der Waals surface area contributed by atoms with Gasteiger partial charge in [-0.3, -0.25) is 4.90 Å². The number of hydrogen-bond acceptors (Lipinski definition) is 2. The van der Waals surface area contributed by atoms with Crippen LogP contribution in [0.15, 0.2) is 18.2 Å². The zero-order chi connectivity index (χ0) is 11.5. The first-order valence-electron chi connectivity index (χ1n) is 5.50. The Kier molecular flexibility index (Phi) is 4.09. The summed E-state index contributed by atoms with van der Waals surface area (Å²) in [7, 11) is 0. The zero-order valence-corrected chi connectivity index (χ0v) is 10.5. The Bertz CT molecular complexity index is 362. The molecule has 16 heavy (non-hydrogen) atoms. The van der Waals surface area contributed by atoms with E-state index >= 15 is 0 Å². The van der Waals surface area contributed by atoms with E-state index in [0.29, 0.717) is 10.0 Å². The molecule has 4 heteroatoms. The standard InChI is InChI=1S/C12H15Cl2NO/c13-11-3-1-2-9(12(11)14)8-15-6-4-10(16)5-7-15/h1-3,10,16H,4-8H2. The summed E-state index contributed by atoms with van der Waals surface area (Å²) in [5.74, 6) is 0. The summed E-state index contributed by atoms with van der Waals surface area (Å²) in [5.41, 5.74) is 1.06. The summed E-state index contributed by atoms with van der Waals surface area (Å²) in [6.07, 6.45) is 1.56. The lowest BCUT2D eigenvalue weighted by atomic mass is 10.1. The molecule has 1 aromatic carbocycles. The number of rotatable bonds is 2. The van der Waals surface area contributed by atoms with E-state index in [2.05, 4.69) is 4.90 Å². The van der Waals surface area contributed by atoms with E-state index in [9.17, 15) is 5.11 Å². The Labute approximate surface area is 106 Å². The molecule has 1 aliphatic rings. The van der Waals surface area contributed by atoms with Gasteiger partial charge in [-0.25, -0.2) is 0 Å². The lowest BCUT2D eigenvalue weighted by Crippen LogP contribution is -2.35. The summed E-state index contributed by atoms with van der Waals surface area (Å²) in [4.78, 5) is 2.30. The van der Waals surface area contributed by atoms with Gasteiger partial charge in [-0.15, -0.1) is 0 Å². The van der Waals surface area contributed by atoms with Crippen molar-refractivity contribution in [3.05, 3.63) is 33.8 Å². The number of aliphatic hydroxyl groups excluding tert-OH is 1. The first kappa shape index (κ1) is 12.2. The molecule has 0 aliphatic carbocycles. The van der Waals surface area contributed by atoms with E-state index in [-0.39, 0.29) is 6.10 Å². The van der Waals surface area contributed by atoms with Crippen LogP contribution in [0.1, 0.15) is 18.4 Å². The van der Waals surface area contributed by atoms with Crippen molar-refractivity contribution in [1.82, 2.24) is 4.90 Å². The fraction of sp³-hybridized carbons (Fsp3) is 0.500. The minimum atomic E-state index is -0.133. The van der Waals surface area contributed by atoms with Crippen LogP contribution in [0.25, 0.3) is 0 Å². The Morgan fingerprint density at radius 1 is 1.25 bits per heavy atom. The second-order valence-corrected chi connectivity index (χ2v) is 5.01. The largest absolute Gasteiger partial charge is 0.393 e. The van der Waals surface area contributed by atoms with Crippen LogP contribution >= 0.6 is 23.2 Å². The molecule has 0 saturated carbocycles. The van der Waals surface area contributed by atoms with Crippen molar-refractivity contribution in [3.63, 3.8) is 0 Å². The van der Waals surface area contributed by atoms with Gasteiger partial charge in [0.05, 0.1) is 16.1 Å². The van der Waals surface area contributed by atoms with Gasteiger partial charge in [-0.2, -0.15) is 0 Å². The molecule has 1 aliphatic heterocycles. The number of piperidine rings is 1. The van der Waals surface area contributed by atoms with Gasteiger partial charge in [0, 0.05) is 19.6 Å². The molecule has 1 fully saturated rings. The van der Waals surface area contributed by atoms with Crippen molar-refractivity contribution in [2.75, 3.05) is 13.1 Å². The molecule has 1 N–H and O–H groups in total. The molecule has 0 amide bonds. The number of halogens is 2. The van der Waals surface area contributed by atoms with Gasteiger partial charge >= 0.3 is 0 Å². The number of benzene rings is 1. The Hall–Kier alpha value is -0.280. The predicted molar refractivity (Wildman–Crippen MR) is 67.0 cm³/mol. The van der Waals surface area contributed by atoms with Gasteiger partial charge in [0.1, 0.15) is 0 Å². The number of hydrogen-bond donors (Lipinski definition) is 1. The van der Waals surface area contributed by atoms with Gasteiger partial charge in [0.2, 0.25) is 0 Å². The highest BCUT2D eigenvalue weighted by Gasteiger charge is 2.17. The Morgan fingerprint density at radius 3 is 2.62 bits per heavy atom. The Balaban J connectivity index is 2.01. The molecule has 2 rings (SSSR count). The van der Waals surface area contributed by atoms with Crippen molar-refractivity contribution in [1.29, 1.82) is 0 Å². The maximum atomic E-state index is 9.42. The maximum Gasteiger partial charge on any atom is 0.0637 e. The van der Waals surface area contributed by atoms with Crippen LogP contribution in [-0.2, 0) is 6.54 Å². The maximum absolute atomic E-state index is 9.42. The first-order chi connectivity index (χ1) is 7.66. The van der Waals surface area contributed by atoms with Crippen molar-refractivity contribution in [2.45, 2.75) is 25.5 Å². The molecule has 1 heterocycles. The third-order valence-corrected chi connectivity index (χ3v) is 3.84. The Morgan fingerprint density at radius 2 is 1.94 bits per heavy atom. The lowest BCUT2D eigenvalue weighted by molar-refractivity contribution is 0.0792. The SMILES string of the molecule is OC1CCN(Cc2cccc(Cl)c2Cl)CC1. The number of nitrogens with zero attached hydrogens (tertiary/aromatic N) is 1. The summed E-state index contributed by atoms with van der Waals surface area (Å²) < 4.78 is 0. The van der Waals surface area contributed by atoms with E-state index < -0.39 is 0 Å².